The summed E-state index contributed by atoms with van der Waals surface area (Å²) in [5, 5.41) is 11.5. The Morgan fingerprint density at radius 3 is 2.50 bits per heavy atom. The number of carbonyl (C=O) groups is 1. The van der Waals surface area contributed by atoms with E-state index in [9.17, 15) is 9.90 Å². The SMILES string of the molecule is O=Cc1ccc(-c2cccc3c(O)cccc23)o1. The average molecular weight is 238 g/mol. The third-order valence-electron chi connectivity index (χ3n) is 2.91. The topological polar surface area (TPSA) is 50.4 Å². The summed E-state index contributed by atoms with van der Waals surface area (Å²) in [7, 11) is 0. The van der Waals surface area contributed by atoms with Gasteiger partial charge < -0.3 is 9.52 Å². The summed E-state index contributed by atoms with van der Waals surface area (Å²) in [6.45, 7) is 0. The quantitative estimate of drug-likeness (QED) is 0.694. The van der Waals surface area contributed by atoms with E-state index in [0.29, 0.717) is 17.8 Å². The van der Waals surface area contributed by atoms with Crippen molar-refractivity contribution in [2.24, 2.45) is 0 Å². The van der Waals surface area contributed by atoms with Crippen molar-refractivity contribution >= 4 is 17.1 Å². The Bertz CT molecular complexity index is 725. The third kappa shape index (κ3) is 1.57. The van der Waals surface area contributed by atoms with Gasteiger partial charge in [-0.05, 0) is 23.6 Å². The Hall–Kier alpha value is -2.55. The first kappa shape index (κ1) is 10.6. The van der Waals surface area contributed by atoms with Gasteiger partial charge in [0.25, 0.3) is 0 Å². The molecule has 18 heavy (non-hydrogen) atoms. The largest absolute Gasteiger partial charge is 0.507 e. The Morgan fingerprint density at radius 2 is 1.72 bits per heavy atom. The summed E-state index contributed by atoms with van der Waals surface area (Å²) in [5.74, 6) is 1.15. The van der Waals surface area contributed by atoms with Crippen LogP contribution in [0.2, 0.25) is 0 Å². The number of phenols is 1. The molecule has 0 aliphatic rings. The summed E-state index contributed by atoms with van der Waals surface area (Å²) in [4.78, 5) is 10.6. The molecule has 0 radical (unpaired) electrons. The molecule has 0 bridgehead atoms. The second-order valence-corrected chi connectivity index (χ2v) is 4.00. The van der Waals surface area contributed by atoms with E-state index in [0.717, 1.165) is 16.3 Å². The molecule has 0 aliphatic heterocycles. The van der Waals surface area contributed by atoms with E-state index < -0.39 is 0 Å². The number of aromatic hydroxyl groups is 1. The predicted molar refractivity (Wildman–Crippen MR) is 68.7 cm³/mol. The number of hydrogen-bond donors (Lipinski definition) is 1. The van der Waals surface area contributed by atoms with E-state index in [1.54, 1.807) is 24.3 Å². The summed E-state index contributed by atoms with van der Waals surface area (Å²) in [5.41, 5.74) is 0.858. The molecule has 88 valence electrons. The minimum Gasteiger partial charge on any atom is -0.507 e. The molecule has 0 fully saturated rings. The molecule has 1 N–H and O–H groups in total. The van der Waals surface area contributed by atoms with Crippen LogP contribution in [0.5, 0.6) is 5.75 Å². The van der Waals surface area contributed by atoms with E-state index in [1.807, 2.05) is 24.3 Å². The Kier molecular flexibility index (Phi) is 2.38. The summed E-state index contributed by atoms with van der Waals surface area (Å²) >= 11 is 0. The maximum Gasteiger partial charge on any atom is 0.185 e. The fourth-order valence-electron chi connectivity index (χ4n) is 2.07. The molecule has 0 saturated heterocycles. The van der Waals surface area contributed by atoms with E-state index in [2.05, 4.69) is 0 Å². The summed E-state index contributed by atoms with van der Waals surface area (Å²) < 4.78 is 5.42. The molecule has 0 unspecified atom stereocenters. The minimum atomic E-state index is 0.233. The minimum absolute atomic E-state index is 0.233. The Labute approximate surface area is 103 Å². The molecule has 0 spiro atoms. The molecule has 1 heterocycles. The van der Waals surface area contributed by atoms with Crippen LogP contribution >= 0.6 is 0 Å². The van der Waals surface area contributed by atoms with Gasteiger partial charge in [-0.3, -0.25) is 4.79 Å². The lowest BCUT2D eigenvalue weighted by atomic mass is 10.0. The van der Waals surface area contributed by atoms with Gasteiger partial charge in [-0.1, -0.05) is 30.3 Å². The summed E-state index contributed by atoms with van der Waals surface area (Å²) in [6, 6.07) is 14.3. The van der Waals surface area contributed by atoms with Gasteiger partial charge in [-0.2, -0.15) is 0 Å². The van der Waals surface area contributed by atoms with Crippen molar-refractivity contribution in [3.05, 3.63) is 54.3 Å². The van der Waals surface area contributed by atoms with E-state index in [4.69, 9.17) is 4.42 Å². The van der Waals surface area contributed by atoms with Crippen LogP contribution in [0.1, 0.15) is 10.6 Å². The first-order valence-electron chi connectivity index (χ1n) is 5.55. The van der Waals surface area contributed by atoms with Crippen LogP contribution < -0.4 is 0 Å². The van der Waals surface area contributed by atoms with Gasteiger partial charge in [-0.15, -0.1) is 0 Å². The number of aldehydes is 1. The van der Waals surface area contributed by atoms with Gasteiger partial charge in [-0.25, -0.2) is 0 Å². The van der Waals surface area contributed by atoms with E-state index >= 15 is 0 Å². The van der Waals surface area contributed by atoms with Crippen molar-refractivity contribution in [3.8, 4) is 17.1 Å². The molecule has 3 aromatic rings. The molecule has 3 rings (SSSR count). The predicted octanol–water partition coefficient (Wildman–Crippen LogP) is 3.62. The second kappa shape index (κ2) is 4.04. The molecule has 0 atom stereocenters. The molecule has 0 aliphatic carbocycles. The highest BCUT2D eigenvalue weighted by molar-refractivity contribution is 5.98. The standard InChI is InChI=1S/C15H10O3/c16-9-10-7-8-15(18-10)13-5-1-4-12-11(13)3-2-6-14(12)17/h1-9,17H. The second-order valence-electron chi connectivity index (χ2n) is 4.00. The number of hydrogen-bond acceptors (Lipinski definition) is 3. The highest BCUT2D eigenvalue weighted by atomic mass is 16.3. The van der Waals surface area contributed by atoms with Crippen molar-refractivity contribution in [2.45, 2.75) is 0 Å². The fraction of sp³-hybridized carbons (Fsp3) is 0. The molecular weight excluding hydrogens is 228 g/mol. The molecule has 3 heteroatoms. The molecule has 1 aromatic heterocycles. The van der Waals surface area contributed by atoms with Crippen molar-refractivity contribution in [2.75, 3.05) is 0 Å². The first-order chi connectivity index (χ1) is 8.79. The number of carbonyl (C=O) groups excluding carboxylic acids is 1. The average Bonchev–Trinajstić information content (AvgIpc) is 2.87. The molecule has 0 saturated carbocycles. The number of furan rings is 1. The van der Waals surface area contributed by atoms with Crippen LogP contribution in [-0.4, -0.2) is 11.4 Å². The van der Waals surface area contributed by atoms with Crippen LogP contribution in [-0.2, 0) is 0 Å². The van der Waals surface area contributed by atoms with Gasteiger partial charge in [0.05, 0.1) is 0 Å². The van der Waals surface area contributed by atoms with Gasteiger partial charge in [0.15, 0.2) is 12.0 Å². The summed E-state index contributed by atoms with van der Waals surface area (Å²) in [6.07, 6.45) is 0.673. The van der Waals surface area contributed by atoms with Crippen LogP contribution in [0.25, 0.3) is 22.1 Å². The smallest absolute Gasteiger partial charge is 0.185 e. The fourth-order valence-corrected chi connectivity index (χ4v) is 2.07. The molecule has 2 aromatic carbocycles. The number of fused-ring (bicyclic) bond motifs is 1. The third-order valence-corrected chi connectivity index (χ3v) is 2.91. The lowest BCUT2D eigenvalue weighted by Gasteiger charge is -2.05. The van der Waals surface area contributed by atoms with E-state index in [-0.39, 0.29) is 5.75 Å². The Morgan fingerprint density at radius 1 is 0.944 bits per heavy atom. The van der Waals surface area contributed by atoms with Crippen LogP contribution in [0.15, 0.2) is 52.9 Å². The number of phenolic OH excluding ortho intramolecular Hbond substituents is 1. The highest BCUT2D eigenvalue weighted by Crippen LogP contribution is 2.33. The van der Waals surface area contributed by atoms with Crippen LogP contribution in [0.4, 0.5) is 0 Å². The maximum atomic E-state index is 10.6. The van der Waals surface area contributed by atoms with Gasteiger partial charge in [0.1, 0.15) is 11.5 Å². The lowest BCUT2D eigenvalue weighted by Crippen LogP contribution is -1.79. The number of rotatable bonds is 2. The first-order valence-corrected chi connectivity index (χ1v) is 5.55. The zero-order chi connectivity index (χ0) is 12.5. The lowest BCUT2D eigenvalue weighted by molar-refractivity contribution is 0.110. The normalized spacial score (nSPS) is 10.7. The zero-order valence-electron chi connectivity index (χ0n) is 9.46. The van der Waals surface area contributed by atoms with Crippen molar-refractivity contribution < 1.29 is 14.3 Å². The van der Waals surface area contributed by atoms with Gasteiger partial charge in [0.2, 0.25) is 0 Å². The zero-order valence-corrected chi connectivity index (χ0v) is 9.46. The molecule has 3 nitrogen and oxygen atoms in total. The number of benzene rings is 2. The molecule has 0 amide bonds. The van der Waals surface area contributed by atoms with Crippen molar-refractivity contribution in [1.82, 2.24) is 0 Å². The van der Waals surface area contributed by atoms with E-state index in [1.165, 1.54) is 0 Å². The monoisotopic (exact) mass is 238 g/mol. The van der Waals surface area contributed by atoms with Crippen LogP contribution in [0, 0.1) is 0 Å². The maximum absolute atomic E-state index is 10.6. The van der Waals surface area contributed by atoms with Gasteiger partial charge >= 0.3 is 0 Å². The van der Waals surface area contributed by atoms with Crippen LogP contribution in [0.3, 0.4) is 0 Å². The van der Waals surface area contributed by atoms with Crippen molar-refractivity contribution in [3.63, 3.8) is 0 Å². The Balaban J connectivity index is 2.29. The highest BCUT2D eigenvalue weighted by Gasteiger charge is 2.09. The molecular formula is C15H10O3. The van der Waals surface area contributed by atoms with Gasteiger partial charge in [0, 0.05) is 10.9 Å². The van der Waals surface area contributed by atoms with Crippen molar-refractivity contribution in [1.29, 1.82) is 0 Å².